The Kier molecular flexibility index (Phi) is 4.34. The molecule has 1 atom stereocenters. The van der Waals surface area contributed by atoms with Crippen molar-refractivity contribution in [1.82, 2.24) is 15.5 Å². The molecule has 7 nitrogen and oxygen atoms in total. The van der Waals surface area contributed by atoms with E-state index in [1.54, 1.807) is 7.11 Å². The van der Waals surface area contributed by atoms with Gasteiger partial charge in [0.1, 0.15) is 11.9 Å². The lowest BCUT2D eigenvalue weighted by Crippen LogP contribution is -2.33. The first kappa shape index (κ1) is 14.5. The lowest BCUT2D eigenvalue weighted by atomic mass is 10.2. The molecule has 0 bridgehead atoms. The molecule has 1 aliphatic rings. The van der Waals surface area contributed by atoms with Crippen molar-refractivity contribution in [3.8, 4) is 17.1 Å². The minimum absolute atomic E-state index is 0.137. The number of carbonyl (C=O) groups excluding carboxylic acids is 1. The Morgan fingerprint density at radius 3 is 2.91 bits per heavy atom. The summed E-state index contributed by atoms with van der Waals surface area (Å²) in [5.41, 5.74) is 0.821. The van der Waals surface area contributed by atoms with Gasteiger partial charge in [-0.05, 0) is 37.1 Å². The second-order valence-electron chi connectivity index (χ2n) is 4.96. The fourth-order valence-corrected chi connectivity index (χ4v) is 2.25. The monoisotopic (exact) mass is 303 g/mol. The average molecular weight is 303 g/mol. The van der Waals surface area contributed by atoms with Gasteiger partial charge in [0.25, 0.3) is 0 Å². The van der Waals surface area contributed by atoms with Crippen molar-refractivity contribution in [2.45, 2.75) is 25.5 Å². The number of ether oxygens (including phenoxy) is 2. The van der Waals surface area contributed by atoms with E-state index in [1.807, 2.05) is 24.3 Å². The summed E-state index contributed by atoms with van der Waals surface area (Å²) >= 11 is 0. The number of amides is 1. The van der Waals surface area contributed by atoms with Crippen LogP contribution in [0.5, 0.6) is 5.75 Å². The van der Waals surface area contributed by atoms with Crippen molar-refractivity contribution in [2.75, 3.05) is 13.7 Å². The molecule has 7 heteroatoms. The summed E-state index contributed by atoms with van der Waals surface area (Å²) in [6, 6.07) is 7.34. The van der Waals surface area contributed by atoms with Crippen LogP contribution < -0.4 is 10.1 Å². The van der Waals surface area contributed by atoms with Gasteiger partial charge >= 0.3 is 0 Å². The largest absolute Gasteiger partial charge is 0.497 e. The minimum atomic E-state index is -0.357. The van der Waals surface area contributed by atoms with Gasteiger partial charge in [0, 0.05) is 12.2 Å². The average Bonchev–Trinajstić information content (AvgIpc) is 3.24. The Balaban J connectivity index is 1.59. The number of benzene rings is 1. The standard InChI is InChI=1S/C15H17N3O4/c1-20-11-6-4-10(5-7-11)14-17-13(22-18-14)9-16-15(19)12-3-2-8-21-12/h4-7,12H,2-3,8-9H2,1H3,(H,16,19). The number of hydrogen-bond acceptors (Lipinski definition) is 6. The van der Waals surface area contributed by atoms with Crippen LogP contribution in [0.1, 0.15) is 18.7 Å². The number of rotatable bonds is 5. The number of methoxy groups -OCH3 is 1. The highest BCUT2D eigenvalue weighted by Gasteiger charge is 2.23. The van der Waals surface area contributed by atoms with Gasteiger partial charge in [-0.3, -0.25) is 4.79 Å². The van der Waals surface area contributed by atoms with E-state index in [2.05, 4.69) is 15.5 Å². The molecule has 1 fully saturated rings. The first-order chi connectivity index (χ1) is 10.8. The SMILES string of the molecule is COc1ccc(-c2noc(CNC(=O)C3CCCO3)n2)cc1. The maximum absolute atomic E-state index is 11.8. The Bertz CT molecular complexity index is 632. The molecule has 0 radical (unpaired) electrons. The zero-order valence-corrected chi connectivity index (χ0v) is 12.2. The topological polar surface area (TPSA) is 86.5 Å². The van der Waals surface area contributed by atoms with Gasteiger partial charge in [0.2, 0.25) is 17.6 Å². The van der Waals surface area contributed by atoms with Crippen LogP contribution in [-0.2, 0) is 16.1 Å². The van der Waals surface area contributed by atoms with E-state index in [0.717, 1.165) is 24.2 Å². The highest BCUT2D eigenvalue weighted by atomic mass is 16.5. The molecular weight excluding hydrogens is 286 g/mol. The smallest absolute Gasteiger partial charge is 0.249 e. The molecule has 1 aromatic carbocycles. The van der Waals surface area contributed by atoms with Crippen LogP contribution in [0.2, 0.25) is 0 Å². The second kappa shape index (κ2) is 6.57. The summed E-state index contributed by atoms with van der Waals surface area (Å²) in [5, 5.41) is 6.65. The molecule has 1 amide bonds. The van der Waals surface area contributed by atoms with Crippen molar-refractivity contribution >= 4 is 5.91 Å². The summed E-state index contributed by atoms with van der Waals surface area (Å²) < 4.78 is 15.6. The number of carbonyl (C=O) groups is 1. The van der Waals surface area contributed by atoms with Crippen LogP contribution in [0, 0.1) is 0 Å². The highest BCUT2D eigenvalue weighted by Crippen LogP contribution is 2.19. The van der Waals surface area contributed by atoms with Gasteiger partial charge in [-0.25, -0.2) is 0 Å². The molecule has 1 saturated heterocycles. The maximum atomic E-state index is 11.8. The fraction of sp³-hybridized carbons (Fsp3) is 0.400. The van der Waals surface area contributed by atoms with Crippen LogP contribution in [-0.4, -0.2) is 35.9 Å². The molecule has 1 aliphatic heterocycles. The van der Waals surface area contributed by atoms with Crippen molar-refractivity contribution in [3.05, 3.63) is 30.2 Å². The number of hydrogen-bond donors (Lipinski definition) is 1. The van der Waals surface area contributed by atoms with Crippen molar-refractivity contribution in [3.63, 3.8) is 0 Å². The van der Waals surface area contributed by atoms with Gasteiger partial charge in [0.15, 0.2) is 0 Å². The molecule has 0 aliphatic carbocycles. The zero-order chi connectivity index (χ0) is 15.4. The van der Waals surface area contributed by atoms with Crippen molar-refractivity contribution < 1.29 is 18.8 Å². The normalized spacial score (nSPS) is 17.4. The molecule has 1 N–H and O–H groups in total. The van der Waals surface area contributed by atoms with Crippen molar-refractivity contribution in [1.29, 1.82) is 0 Å². The van der Waals surface area contributed by atoms with Gasteiger partial charge in [-0.2, -0.15) is 4.98 Å². The summed E-state index contributed by atoms with van der Waals surface area (Å²) in [6.07, 6.45) is 1.32. The van der Waals surface area contributed by atoms with Gasteiger partial charge in [0.05, 0.1) is 13.7 Å². The van der Waals surface area contributed by atoms with Crippen LogP contribution in [0.3, 0.4) is 0 Å². The van der Waals surface area contributed by atoms with Gasteiger partial charge < -0.3 is 19.3 Å². The van der Waals surface area contributed by atoms with Crippen LogP contribution in [0.4, 0.5) is 0 Å². The molecule has 22 heavy (non-hydrogen) atoms. The van der Waals surface area contributed by atoms with E-state index in [0.29, 0.717) is 18.3 Å². The van der Waals surface area contributed by atoms with Crippen LogP contribution in [0.25, 0.3) is 11.4 Å². The molecule has 0 spiro atoms. The summed E-state index contributed by atoms with van der Waals surface area (Å²) in [4.78, 5) is 16.1. The molecule has 1 aromatic heterocycles. The Morgan fingerprint density at radius 1 is 1.41 bits per heavy atom. The van der Waals surface area contributed by atoms with Crippen LogP contribution >= 0.6 is 0 Å². The number of aromatic nitrogens is 2. The third kappa shape index (κ3) is 3.25. The minimum Gasteiger partial charge on any atom is -0.497 e. The molecule has 2 aromatic rings. The first-order valence-electron chi connectivity index (χ1n) is 7.12. The lowest BCUT2D eigenvalue weighted by Gasteiger charge is -2.08. The van der Waals surface area contributed by atoms with E-state index in [4.69, 9.17) is 14.0 Å². The zero-order valence-electron chi connectivity index (χ0n) is 12.2. The highest BCUT2D eigenvalue weighted by molar-refractivity contribution is 5.80. The summed E-state index contributed by atoms with van der Waals surface area (Å²) in [7, 11) is 1.61. The Hall–Kier alpha value is -2.41. The first-order valence-corrected chi connectivity index (χ1v) is 7.12. The van der Waals surface area contributed by atoms with Crippen molar-refractivity contribution in [2.24, 2.45) is 0 Å². The molecule has 3 rings (SSSR count). The van der Waals surface area contributed by atoms with Crippen LogP contribution in [0.15, 0.2) is 28.8 Å². The number of nitrogens with one attached hydrogen (secondary N) is 1. The van der Waals surface area contributed by atoms with Gasteiger partial charge in [-0.1, -0.05) is 5.16 Å². The van der Waals surface area contributed by atoms with E-state index >= 15 is 0 Å². The predicted molar refractivity (Wildman–Crippen MR) is 77.1 cm³/mol. The van der Waals surface area contributed by atoms with E-state index in [1.165, 1.54) is 0 Å². The molecule has 1 unspecified atom stereocenters. The lowest BCUT2D eigenvalue weighted by molar-refractivity contribution is -0.130. The summed E-state index contributed by atoms with van der Waals surface area (Å²) in [5.74, 6) is 1.46. The Labute approximate surface area is 127 Å². The van der Waals surface area contributed by atoms with E-state index in [9.17, 15) is 4.79 Å². The molecule has 0 saturated carbocycles. The molecular formula is C15H17N3O4. The third-order valence-corrected chi connectivity index (χ3v) is 3.45. The van der Waals surface area contributed by atoms with Gasteiger partial charge in [-0.15, -0.1) is 0 Å². The van der Waals surface area contributed by atoms with E-state index in [-0.39, 0.29) is 18.6 Å². The van der Waals surface area contributed by atoms with E-state index < -0.39 is 0 Å². The predicted octanol–water partition coefficient (Wildman–Crippen LogP) is 1.54. The molecule has 2 heterocycles. The maximum Gasteiger partial charge on any atom is 0.249 e. The second-order valence-corrected chi connectivity index (χ2v) is 4.96. The third-order valence-electron chi connectivity index (χ3n) is 3.45. The number of nitrogens with zero attached hydrogens (tertiary/aromatic N) is 2. The summed E-state index contributed by atoms with van der Waals surface area (Å²) in [6.45, 7) is 0.835. The Morgan fingerprint density at radius 2 is 2.23 bits per heavy atom. The fourth-order valence-electron chi connectivity index (χ4n) is 2.25. The quantitative estimate of drug-likeness (QED) is 0.901. The molecule has 116 valence electrons.